The third-order valence-electron chi connectivity index (χ3n) is 5.71. The number of pyridine rings is 2. The van der Waals surface area contributed by atoms with E-state index in [1.54, 1.807) is 13.2 Å². The van der Waals surface area contributed by atoms with E-state index >= 15 is 0 Å². The lowest BCUT2D eigenvalue weighted by atomic mass is 9.98. The molecule has 0 saturated heterocycles. The Hall–Kier alpha value is -2.89. The Morgan fingerprint density at radius 3 is 2.80 bits per heavy atom. The van der Waals surface area contributed by atoms with Gasteiger partial charge in [-0.05, 0) is 36.4 Å². The molecular weight excluding hydrogens is 396 g/mol. The summed E-state index contributed by atoms with van der Waals surface area (Å²) < 4.78 is 5.74. The Labute approximate surface area is 181 Å². The van der Waals surface area contributed by atoms with Crippen LogP contribution in [-0.2, 0) is 13.0 Å². The van der Waals surface area contributed by atoms with Crippen LogP contribution in [0.4, 0.5) is 11.4 Å². The molecule has 0 radical (unpaired) electrons. The van der Waals surface area contributed by atoms with Crippen molar-refractivity contribution in [1.29, 1.82) is 0 Å². The van der Waals surface area contributed by atoms with Gasteiger partial charge in [-0.25, -0.2) is 9.97 Å². The van der Waals surface area contributed by atoms with E-state index in [4.69, 9.17) is 21.3 Å². The number of methoxy groups -OCH3 is 1. The summed E-state index contributed by atoms with van der Waals surface area (Å²) in [4.78, 5) is 14.0. The molecule has 3 aromatic rings. The molecule has 0 unspecified atom stereocenters. The number of halogens is 1. The molecule has 2 aliphatic heterocycles. The van der Waals surface area contributed by atoms with Gasteiger partial charge in [0.25, 0.3) is 0 Å². The number of ether oxygens (including phenoxy) is 1. The quantitative estimate of drug-likeness (QED) is 0.562. The largest absolute Gasteiger partial charge is 0.480 e. The molecule has 2 aromatic heterocycles. The zero-order chi connectivity index (χ0) is 20.7. The van der Waals surface area contributed by atoms with Crippen LogP contribution in [0.5, 0.6) is 5.88 Å². The van der Waals surface area contributed by atoms with E-state index < -0.39 is 0 Å². The van der Waals surface area contributed by atoms with Crippen LogP contribution in [-0.4, -0.2) is 42.1 Å². The molecule has 0 saturated carbocycles. The molecule has 152 valence electrons. The van der Waals surface area contributed by atoms with Gasteiger partial charge in [0.15, 0.2) is 0 Å². The summed E-state index contributed by atoms with van der Waals surface area (Å²) in [7, 11) is 3.84. The molecule has 2 aliphatic rings. The van der Waals surface area contributed by atoms with Crippen LogP contribution in [0, 0.1) is 0 Å². The predicted molar refractivity (Wildman–Crippen MR) is 122 cm³/mol. The summed E-state index contributed by atoms with van der Waals surface area (Å²) in [6.45, 7) is 2.65. The molecule has 0 N–H and O–H groups in total. The SMILES string of the molecule is COc1nc2c(cc1N1CC=Cc3cccc(-c4cccc(Cl)n4)c31)CN(C)CC2. The minimum atomic E-state index is 0.485. The maximum atomic E-state index is 6.20. The van der Waals surface area contributed by atoms with Crippen LogP contribution in [0.2, 0.25) is 5.15 Å². The number of likely N-dealkylation sites (N-methyl/N-ethyl adjacent to an activating group) is 1. The standard InChI is InChI=1S/C24H23ClN4O/c1-28-13-11-19-17(15-28)14-21(24(27-19)30-2)29-12-5-7-16-6-3-8-18(23(16)29)20-9-4-10-22(25)26-20/h3-10,14H,11-13,15H2,1-2H3. The second-order valence-corrected chi connectivity index (χ2v) is 8.10. The topological polar surface area (TPSA) is 41.5 Å². The Kier molecular flexibility index (Phi) is 4.93. The average Bonchev–Trinajstić information content (AvgIpc) is 2.77. The van der Waals surface area contributed by atoms with E-state index in [9.17, 15) is 0 Å². The molecule has 0 spiro atoms. The van der Waals surface area contributed by atoms with Crippen molar-refractivity contribution < 1.29 is 4.74 Å². The second kappa shape index (κ2) is 7.74. The molecule has 0 atom stereocenters. The summed E-state index contributed by atoms with van der Waals surface area (Å²) in [5.41, 5.74) is 7.49. The van der Waals surface area contributed by atoms with Crippen LogP contribution < -0.4 is 9.64 Å². The third-order valence-corrected chi connectivity index (χ3v) is 5.92. The fourth-order valence-corrected chi connectivity index (χ4v) is 4.45. The highest BCUT2D eigenvalue weighted by atomic mass is 35.5. The van der Waals surface area contributed by atoms with Gasteiger partial charge in [-0.2, -0.15) is 0 Å². The van der Waals surface area contributed by atoms with Crippen molar-refractivity contribution in [2.75, 3.05) is 32.1 Å². The molecule has 5 rings (SSSR count). The number of benzene rings is 1. The fraction of sp³-hybridized carbons (Fsp3) is 0.250. The molecule has 0 aliphatic carbocycles. The van der Waals surface area contributed by atoms with Gasteiger partial charge >= 0.3 is 0 Å². The number of nitrogens with zero attached hydrogens (tertiary/aromatic N) is 4. The van der Waals surface area contributed by atoms with Crippen molar-refractivity contribution in [2.45, 2.75) is 13.0 Å². The van der Waals surface area contributed by atoms with Crippen molar-refractivity contribution >= 4 is 29.1 Å². The maximum absolute atomic E-state index is 6.20. The van der Waals surface area contributed by atoms with E-state index in [0.717, 1.165) is 59.9 Å². The summed E-state index contributed by atoms with van der Waals surface area (Å²) >= 11 is 6.20. The first-order chi connectivity index (χ1) is 14.6. The molecule has 1 aromatic carbocycles. The minimum absolute atomic E-state index is 0.485. The zero-order valence-corrected chi connectivity index (χ0v) is 17.9. The van der Waals surface area contributed by atoms with Crippen molar-refractivity contribution in [3.8, 4) is 17.1 Å². The number of anilines is 2. The first-order valence-electron chi connectivity index (χ1n) is 10.1. The highest BCUT2D eigenvalue weighted by Gasteiger charge is 2.26. The van der Waals surface area contributed by atoms with E-state index in [0.29, 0.717) is 11.0 Å². The van der Waals surface area contributed by atoms with Gasteiger partial charge in [-0.1, -0.05) is 48.0 Å². The highest BCUT2D eigenvalue weighted by molar-refractivity contribution is 6.29. The Bertz CT molecular complexity index is 1140. The number of fused-ring (bicyclic) bond motifs is 2. The molecular formula is C24H23ClN4O. The summed E-state index contributed by atoms with van der Waals surface area (Å²) in [5.74, 6) is 0.661. The lowest BCUT2D eigenvalue weighted by Gasteiger charge is -2.33. The summed E-state index contributed by atoms with van der Waals surface area (Å²) in [5, 5.41) is 0.485. The monoisotopic (exact) mass is 418 g/mol. The minimum Gasteiger partial charge on any atom is -0.480 e. The lowest BCUT2D eigenvalue weighted by molar-refractivity contribution is 0.307. The lowest BCUT2D eigenvalue weighted by Crippen LogP contribution is -2.29. The average molecular weight is 419 g/mol. The van der Waals surface area contributed by atoms with Crippen LogP contribution in [0.25, 0.3) is 17.3 Å². The second-order valence-electron chi connectivity index (χ2n) is 7.71. The number of para-hydroxylation sites is 1. The summed E-state index contributed by atoms with van der Waals surface area (Å²) in [6, 6.07) is 14.2. The Morgan fingerprint density at radius 2 is 1.97 bits per heavy atom. The number of hydrogen-bond donors (Lipinski definition) is 0. The van der Waals surface area contributed by atoms with Crippen LogP contribution in [0.15, 0.2) is 48.5 Å². The van der Waals surface area contributed by atoms with E-state index in [1.165, 1.54) is 5.56 Å². The van der Waals surface area contributed by atoms with Gasteiger partial charge in [0.05, 0.1) is 24.2 Å². The highest BCUT2D eigenvalue weighted by Crippen LogP contribution is 2.43. The van der Waals surface area contributed by atoms with Gasteiger partial charge < -0.3 is 14.5 Å². The normalized spacial score (nSPS) is 15.6. The molecule has 4 heterocycles. The Balaban J connectivity index is 1.69. The third kappa shape index (κ3) is 3.34. The molecule has 0 fully saturated rings. The number of hydrogen-bond acceptors (Lipinski definition) is 5. The van der Waals surface area contributed by atoms with Gasteiger partial charge in [0.2, 0.25) is 5.88 Å². The van der Waals surface area contributed by atoms with Gasteiger partial charge in [0.1, 0.15) is 10.8 Å². The van der Waals surface area contributed by atoms with E-state index in [-0.39, 0.29) is 0 Å². The fourth-order valence-electron chi connectivity index (χ4n) is 4.28. The van der Waals surface area contributed by atoms with Gasteiger partial charge in [-0.15, -0.1) is 0 Å². The van der Waals surface area contributed by atoms with Crippen molar-refractivity contribution in [3.63, 3.8) is 0 Å². The van der Waals surface area contributed by atoms with Crippen LogP contribution >= 0.6 is 11.6 Å². The first-order valence-corrected chi connectivity index (χ1v) is 10.5. The smallest absolute Gasteiger partial charge is 0.237 e. The van der Waals surface area contributed by atoms with Crippen molar-refractivity contribution in [3.05, 3.63) is 70.5 Å². The van der Waals surface area contributed by atoms with Crippen molar-refractivity contribution in [2.24, 2.45) is 0 Å². The van der Waals surface area contributed by atoms with E-state index in [2.05, 4.69) is 58.2 Å². The number of aromatic nitrogens is 2. The number of rotatable bonds is 3. The molecule has 0 amide bonds. The zero-order valence-electron chi connectivity index (χ0n) is 17.1. The van der Waals surface area contributed by atoms with E-state index in [1.807, 2.05) is 12.1 Å². The summed E-state index contributed by atoms with van der Waals surface area (Å²) in [6.07, 6.45) is 5.27. The molecule has 0 bridgehead atoms. The molecule has 5 nitrogen and oxygen atoms in total. The van der Waals surface area contributed by atoms with Crippen LogP contribution in [0.1, 0.15) is 16.8 Å². The first kappa shape index (κ1) is 19.1. The van der Waals surface area contributed by atoms with Gasteiger partial charge in [0, 0.05) is 31.6 Å². The molecule has 6 heteroatoms. The maximum Gasteiger partial charge on any atom is 0.237 e. The predicted octanol–water partition coefficient (Wildman–Crippen LogP) is 4.96. The van der Waals surface area contributed by atoms with Crippen LogP contribution in [0.3, 0.4) is 0 Å². The Morgan fingerprint density at radius 1 is 1.10 bits per heavy atom. The molecule has 30 heavy (non-hydrogen) atoms. The van der Waals surface area contributed by atoms with Gasteiger partial charge in [-0.3, -0.25) is 0 Å². The van der Waals surface area contributed by atoms with Crippen molar-refractivity contribution in [1.82, 2.24) is 14.9 Å².